The average Bonchev–Trinajstić information content (AvgIpc) is 2.49. The van der Waals surface area contributed by atoms with Gasteiger partial charge >= 0.3 is 0 Å². The topological polar surface area (TPSA) is 50.7 Å². The van der Waals surface area contributed by atoms with E-state index in [4.69, 9.17) is 4.74 Å². The Hall–Kier alpha value is -2.62. The first-order valence-corrected chi connectivity index (χ1v) is 6.82. The minimum Gasteiger partial charge on any atom is -0.494 e. The van der Waals surface area contributed by atoms with Gasteiger partial charge in [0.15, 0.2) is 0 Å². The Kier molecular flexibility index (Phi) is 5.10. The second-order valence-electron chi connectivity index (χ2n) is 4.57. The highest BCUT2D eigenvalue weighted by molar-refractivity contribution is 5.95. The fourth-order valence-electron chi connectivity index (χ4n) is 1.83. The molecule has 2 aromatic carbocycles. The Morgan fingerprint density at radius 2 is 2.00 bits per heavy atom. The van der Waals surface area contributed by atoms with Crippen LogP contribution in [0.5, 0.6) is 5.75 Å². The van der Waals surface area contributed by atoms with Crippen molar-refractivity contribution < 1.29 is 9.53 Å². The molecule has 0 saturated heterocycles. The summed E-state index contributed by atoms with van der Waals surface area (Å²) in [6, 6.07) is 14.9. The van der Waals surface area contributed by atoms with Gasteiger partial charge in [-0.25, -0.2) is 5.43 Å². The van der Waals surface area contributed by atoms with Gasteiger partial charge in [0.25, 0.3) is 5.91 Å². The first-order valence-electron chi connectivity index (χ1n) is 6.82. The zero-order chi connectivity index (χ0) is 15.1. The highest BCUT2D eigenvalue weighted by Crippen LogP contribution is 2.10. The van der Waals surface area contributed by atoms with Crippen LogP contribution in [0.4, 0.5) is 0 Å². The van der Waals surface area contributed by atoms with Crippen LogP contribution in [-0.4, -0.2) is 18.7 Å². The Morgan fingerprint density at radius 3 is 2.67 bits per heavy atom. The van der Waals surface area contributed by atoms with Gasteiger partial charge < -0.3 is 4.74 Å². The third-order valence-corrected chi connectivity index (χ3v) is 2.85. The van der Waals surface area contributed by atoms with Crippen molar-refractivity contribution in [3.05, 3.63) is 65.2 Å². The lowest BCUT2D eigenvalue weighted by Gasteiger charge is -2.02. The normalized spacial score (nSPS) is 10.6. The van der Waals surface area contributed by atoms with Gasteiger partial charge in [-0.1, -0.05) is 17.7 Å². The maximum absolute atomic E-state index is 11.9. The van der Waals surface area contributed by atoms with Crippen LogP contribution in [0.3, 0.4) is 0 Å². The molecule has 2 aromatic rings. The van der Waals surface area contributed by atoms with Crippen LogP contribution in [0.25, 0.3) is 0 Å². The molecule has 1 amide bonds. The molecule has 4 heteroatoms. The number of amides is 1. The maximum Gasteiger partial charge on any atom is 0.271 e. The predicted molar refractivity (Wildman–Crippen MR) is 83.9 cm³/mol. The number of rotatable bonds is 5. The number of hydrazone groups is 1. The Labute approximate surface area is 124 Å². The first kappa shape index (κ1) is 14.8. The number of hydrogen-bond acceptors (Lipinski definition) is 3. The maximum atomic E-state index is 11.9. The van der Waals surface area contributed by atoms with Gasteiger partial charge in [-0.15, -0.1) is 0 Å². The fourth-order valence-corrected chi connectivity index (χ4v) is 1.83. The third-order valence-electron chi connectivity index (χ3n) is 2.85. The van der Waals surface area contributed by atoms with E-state index in [-0.39, 0.29) is 5.91 Å². The molecule has 0 aromatic heterocycles. The molecule has 108 valence electrons. The van der Waals surface area contributed by atoms with Gasteiger partial charge in [-0.2, -0.15) is 5.10 Å². The van der Waals surface area contributed by atoms with E-state index in [1.165, 1.54) is 0 Å². The summed E-state index contributed by atoms with van der Waals surface area (Å²) in [5.41, 5.74) is 5.04. The van der Waals surface area contributed by atoms with Gasteiger partial charge in [0.2, 0.25) is 0 Å². The predicted octanol–water partition coefficient (Wildman–Crippen LogP) is 3.16. The van der Waals surface area contributed by atoms with Gasteiger partial charge in [-0.3, -0.25) is 4.79 Å². The molecule has 2 rings (SSSR count). The molecular weight excluding hydrogens is 264 g/mol. The Morgan fingerprint density at radius 1 is 1.24 bits per heavy atom. The van der Waals surface area contributed by atoms with Crippen molar-refractivity contribution in [2.45, 2.75) is 13.8 Å². The molecule has 0 spiro atoms. The molecule has 0 aliphatic rings. The summed E-state index contributed by atoms with van der Waals surface area (Å²) in [6.45, 7) is 4.52. The van der Waals surface area contributed by atoms with Crippen molar-refractivity contribution in [3.63, 3.8) is 0 Å². The van der Waals surface area contributed by atoms with E-state index >= 15 is 0 Å². The molecule has 0 saturated carbocycles. The average molecular weight is 282 g/mol. The number of aryl methyl sites for hydroxylation is 1. The molecule has 0 aliphatic carbocycles. The van der Waals surface area contributed by atoms with Crippen LogP contribution < -0.4 is 10.2 Å². The lowest BCUT2D eigenvalue weighted by atomic mass is 10.1. The molecular formula is C17H18N2O2. The highest BCUT2D eigenvalue weighted by Gasteiger charge is 2.03. The zero-order valence-electron chi connectivity index (χ0n) is 12.2. The number of carbonyl (C=O) groups excluding carboxylic acids is 1. The first-order chi connectivity index (χ1) is 10.2. The standard InChI is InChI=1S/C17H18N2O2/c1-3-21-16-9-7-14(8-10-16)12-18-19-17(20)15-6-4-5-13(2)11-15/h4-12H,3H2,1-2H3,(H,19,20)/b18-12+. The monoisotopic (exact) mass is 282 g/mol. The summed E-state index contributed by atoms with van der Waals surface area (Å²) in [5.74, 6) is 0.597. The van der Waals surface area contributed by atoms with Crippen molar-refractivity contribution in [1.82, 2.24) is 5.43 Å². The van der Waals surface area contributed by atoms with E-state index < -0.39 is 0 Å². The summed E-state index contributed by atoms with van der Waals surface area (Å²) >= 11 is 0. The highest BCUT2D eigenvalue weighted by atomic mass is 16.5. The van der Waals surface area contributed by atoms with Crippen molar-refractivity contribution >= 4 is 12.1 Å². The molecule has 1 N–H and O–H groups in total. The number of ether oxygens (including phenoxy) is 1. The summed E-state index contributed by atoms with van der Waals surface area (Å²) in [4.78, 5) is 11.9. The van der Waals surface area contributed by atoms with Crippen LogP contribution in [0, 0.1) is 6.92 Å². The Balaban J connectivity index is 1.94. The summed E-state index contributed by atoms with van der Waals surface area (Å²) in [6.07, 6.45) is 1.60. The second-order valence-corrected chi connectivity index (χ2v) is 4.57. The zero-order valence-corrected chi connectivity index (χ0v) is 12.2. The molecule has 0 bridgehead atoms. The number of benzene rings is 2. The van der Waals surface area contributed by atoms with Crippen LogP contribution in [0.15, 0.2) is 53.6 Å². The van der Waals surface area contributed by atoms with E-state index in [0.717, 1.165) is 16.9 Å². The van der Waals surface area contributed by atoms with Gasteiger partial charge in [0, 0.05) is 5.56 Å². The minimum atomic E-state index is -0.221. The molecule has 0 fully saturated rings. The smallest absolute Gasteiger partial charge is 0.271 e. The van der Waals surface area contributed by atoms with Crippen molar-refractivity contribution in [2.75, 3.05) is 6.61 Å². The number of carbonyl (C=O) groups is 1. The lowest BCUT2D eigenvalue weighted by molar-refractivity contribution is 0.0955. The Bertz CT molecular complexity index is 633. The summed E-state index contributed by atoms with van der Waals surface area (Å²) in [7, 11) is 0. The quantitative estimate of drug-likeness (QED) is 0.676. The molecule has 4 nitrogen and oxygen atoms in total. The third kappa shape index (κ3) is 4.45. The minimum absolute atomic E-state index is 0.221. The second kappa shape index (κ2) is 7.24. The van der Waals surface area contributed by atoms with Gasteiger partial charge in [-0.05, 0) is 55.8 Å². The summed E-state index contributed by atoms with van der Waals surface area (Å²) in [5, 5.41) is 3.96. The van der Waals surface area contributed by atoms with Gasteiger partial charge in [0.1, 0.15) is 5.75 Å². The van der Waals surface area contributed by atoms with E-state index in [1.54, 1.807) is 12.3 Å². The number of nitrogens with one attached hydrogen (secondary N) is 1. The van der Waals surface area contributed by atoms with Crippen molar-refractivity contribution in [2.24, 2.45) is 5.10 Å². The van der Waals surface area contributed by atoms with Crippen molar-refractivity contribution in [1.29, 1.82) is 0 Å². The molecule has 0 radical (unpaired) electrons. The van der Waals surface area contributed by atoms with Crippen LogP contribution in [0.2, 0.25) is 0 Å². The molecule has 0 unspecified atom stereocenters. The largest absolute Gasteiger partial charge is 0.494 e. The van der Waals surface area contributed by atoms with Gasteiger partial charge in [0.05, 0.1) is 12.8 Å². The number of hydrogen-bond donors (Lipinski definition) is 1. The van der Waals surface area contributed by atoms with Crippen molar-refractivity contribution in [3.8, 4) is 5.75 Å². The van der Waals surface area contributed by atoms with E-state index in [2.05, 4.69) is 10.5 Å². The van der Waals surface area contributed by atoms with Crippen LogP contribution >= 0.6 is 0 Å². The number of nitrogens with zero attached hydrogens (tertiary/aromatic N) is 1. The van der Waals surface area contributed by atoms with E-state index in [0.29, 0.717) is 12.2 Å². The van der Waals surface area contributed by atoms with E-state index in [9.17, 15) is 4.79 Å². The molecule has 0 atom stereocenters. The molecule has 0 aliphatic heterocycles. The summed E-state index contributed by atoms with van der Waals surface area (Å²) < 4.78 is 5.36. The lowest BCUT2D eigenvalue weighted by Crippen LogP contribution is -2.17. The molecule has 0 heterocycles. The fraction of sp³-hybridized carbons (Fsp3) is 0.176. The van der Waals surface area contributed by atoms with Crippen LogP contribution in [-0.2, 0) is 0 Å². The SMILES string of the molecule is CCOc1ccc(/C=N/NC(=O)c2cccc(C)c2)cc1. The van der Waals surface area contributed by atoms with E-state index in [1.807, 2.05) is 56.3 Å². The van der Waals surface area contributed by atoms with Crippen LogP contribution in [0.1, 0.15) is 28.4 Å². The molecule has 21 heavy (non-hydrogen) atoms.